The van der Waals surface area contributed by atoms with Gasteiger partial charge in [0.15, 0.2) is 0 Å². The Morgan fingerprint density at radius 2 is 1.47 bits per heavy atom. The molecule has 3 aromatic carbocycles. The largest absolute Gasteiger partial charge is 0.457 e. The van der Waals surface area contributed by atoms with Crippen molar-refractivity contribution in [3.05, 3.63) is 95.6 Å². The first-order valence-electron chi connectivity index (χ1n) is 9.72. The molecule has 0 saturated carbocycles. The standard InChI is InChI=1S/C23H24N2O6S/c1-16-7-11-19(12-8-16)31-20-13-9-18(10-14-20)23(32(24,29)30,15-21(26)22(27)25-28)17-5-3-2-4-6-17/h2-14,21,26,28H,15H2,1H3,(H,25,27)(H2,24,29,30)/t21-,23?/m0/s1. The molecule has 3 aromatic rings. The predicted octanol–water partition coefficient (Wildman–Crippen LogP) is 2.58. The van der Waals surface area contributed by atoms with Gasteiger partial charge in [0, 0.05) is 6.42 Å². The van der Waals surface area contributed by atoms with E-state index in [1.165, 1.54) is 17.6 Å². The molecule has 5 N–H and O–H groups in total. The molecule has 0 spiro atoms. The van der Waals surface area contributed by atoms with E-state index in [0.29, 0.717) is 11.5 Å². The van der Waals surface area contributed by atoms with E-state index in [0.717, 1.165) is 5.56 Å². The zero-order valence-corrected chi connectivity index (χ0v) is 18.1. The van der Waals surface area contributed by atoms with E-state index < -0.39 is 33.2 Å². The number of amides is 1. The second kappa shape index (κ2) is 9.49. The third-order valence-electron chi connectivity index (χ3n) is 5.20. The lowest BCUT2D eigenvalue weighted by Crippen LogP contribution is -2.47. The maximum atomic E-state index is 12.9. The van der Waals surface area contributed by atoms with Gasteiger partial charge in [-0.05, 0) is 42.3 Å². The average molecular weight is 457 g/mol. The van der Waals surface area contributed by atoms with Crippen molar-refractivity contribution in [2.24, 2.45) is 5.14 Å². The van der Waals surface area contributed by atoms with Crippen LogP contribution in [-0.4, -0.2) is 30.7 Å². The second-order valence-electron chi connectivity index (χ2n) is 7.37. The number of nitrogens with one attached hydrogen (secondary N) is 1. The predicted molar refractivity (Wildman–Crippen MR) is 119 cm³/mol. The van der Waals surface area contributed by atoms with Gasteiger partial charge in [-0.1, -0.05) is 60.2 Å². The highest BCUT2D eigenvalue weighted by Gasteiger charge is 2.47. The summed E-state index contributed by atoms with van der Waals surface area (Å²) in [5.41, 5.74) is 2.91. The highest BCUT2D eigenvalue weighted by Crippen LogP contribution is 2.41. The minimum atomic E-state index is -4.41. The van der Waals surface area contributed by atoms with Crippen LogP contribution in [0.5, 0.6) is 11.5 Å². The molecule has 32 heavy (non-hydrogen) atoms. The Labute approximate surface area is 186 Å². The van der Waals surface area contributed by atoms with Crippen molar-refractivity contribution < 1.29 is 28.3 Å². The molecule has 1 unspecified atom stereocenters. The zero-order valence-electron chi connectivity index (χ0n) is 17.3. The highest BCUT2D eigenvalue weighted by atomic mass is 32.2. The van der Waals surface area contributed by atoms with Gasteiger partial charge in [-0.3, -0.25) is 10.0 Å². The number of carbonyl (C=O) groups excluding carboxylic acids is 1. The van der Waals surface area contributed by atoms with Gasteiger partial charge in [0.1, 0.15) is 22.4 Å². The van der Waals surface area contributed by atoms with Crippen LogP contribution in [0.4, 0.5) is 0 Å². The normalized spacial score (nSPS) is 14.2. The monoisotopic (exact) mass is 456 g/mol. The summed E-state index contributed by atoms with van der Waals surface area (Å²) in [7, 11) is -4.41. The first-order valence-corrected chi connectivity index (χ1v) is 11.3. The van der Waals surface area contributed by atoms with E-state index >= 15 is 0 Å². The average Bonchev–Trinajstić information content (AvgIpc) is 2.78. The van der Waals surface area contributed by atoms with Crippen LogP contribution in [0, 0.1) is 6.92 Å². The fourth-order valence-corrected chi connectivity index (χ4v) is 4.85. The van der Waals surface area contributed by atoms with Gasteiger partial charge in [-0.15, -0.1) is 0 Å². The Hall–Kier alpha value is -3.24. The van der Waals surface area contributed by atoms with Crippen LogP contribution in [0.3, 0.4) is 0 Å². The quantitative estimate of drug-likeness (QED) is 0.303. The molecule has 0 fully saturated rings. The molecular formula is C23H24N2O6S. The minimum Gasteiger partial charge on any atom is -0.457 e. The third-order valence-corrected chi connectivity index (χ3v) is 6.81. The molecule has 0 radical (unpaired) electrons. The molecule has 168 valence electrons. The number of hydroxylamine groups is 1. The summed E-state index contributed by atoms with van der Waals surface area (Å²) >= 11 is 0. The van der Waals surface area contributed by atoms with E-state index in [2.05, 4.69) is 0 Å². The number of hydrogen-bond donors (Lipinski definition) is 4. The Balaban J connectivity index is 2.08. The van der Waals surface area contributed by atoms with Crippen molar-refractivity contribution in [1.29, 1.82) is 0 Å². The molecule has 3 rings (SSSR count). The van der Waals surface area contributed by atoms with E-state index in [1.807, 2.05) is 31.2 Å². The van der Waals surface area contributed by atoms with E-state index in [1.54, 1.807) is 42.5 Å². The van der Waals surface area contributed by atoms with E-state index in [-0.39, 0.29) is 11.1 Å². The number of aliphatic hydroxyl groups is 1. The first kappa shape index (κ1) is 23.4. The summed E-state index contributed by atoms with van der Waals surface area (Å²) in [4.78, 5) is 11.8. The number of benzene rings is 3. The molecule has 0 aliphatic rings. The lowest BCUT2D eigenvalue weighted by Gasteiger charge is -2.34. The van der Waals surface area contributed by atoms with Crippen molar-refractivity contribution in [2.45, 2.75) is 24.2 Å². The molecule has 9 heteroatoms. The van der Waals surface area contributed by atoms with Crippen LogP contribution >= 0.6 is 0 Å². The highest BCUT2D eigenvalue weighted by molar-refractivity contribution is 7.90. The fraction of sp³-hybridized carbons (Fsp3) is 0.174. The minimum absolute atomic E-state index is 0.229. The summed E-state index contributed by atoms with van der Waals surface area (Å²) < 4.78 is 29.7. The van der Waals surface area contributed by atoms with Crippen molar-refractivity contribution in [3.63, 3.8) is 0 Å². The van der Waals surface area contributed by atoms with Gasteiger partial charge in [-0.2, -0.15) is 0 Å². The Kier molecular flexibility index (Phi) is 6.95. The number of hydrogen-bond acceptors (Lipinski definition) is 6. The van der Waals surface area contributed by atoms with Crippen LogP contribution in [0.2, 0.25) is 0 Å². The van der Waals surface area contributed by atoms with Crippen LogP contribution in [0.15, 0.2) is 78.9 Å². The molecule has 8 nitrogen and oxygen atoms in total. The molecule has 0 aliphatic heterocycles. The Morgan fingerprint density at radius 3 is 1.97 bits per heavy atom. The number of rotatable bonds is 8. The van der Waals surface area contributed by atoms with Crippen molar-refractivity contribution in [3.8, 4) is 11.5 Å². The summed E-state index contributed by atoms with van der Waals surface area (Å²) in [6.07, 6.45) is -2.46. The van der Waals surface area contributed by atoms with Gasteiger partial charge < -0.3 is 9.84 Å². The Morgan fingerprint density at radius 1 is 0.969 bits per heavy atom. The molecule has 0 heterocycles. The van der Waals surface area contributed by atoms with Gasteiger partial charge in [-0.25, -0.2) is 19.0 Å². The van der Waals surface area contributed by atoms with Gasteiger partial charge >= 0.3 is 0 Å². The molecule has 0 saturated heterocycles. The summed E-state index contributed by atoms with van der Waals surface area (Å²) in [5.74, 6) is -0.0740. The maximum Gasteiger partial charge on any atom is 0.272 e. The Bertz CT molecular complexity index is 1170. The molecular weight excluding hydrogens is 432 g/mol. The number of nitrogens with two attached hydrogens (primary N) is 1. The topological polar surface area (TPSA) is 139 Å². The number of aryl methyl sites for hydroxylation is 1. The molecule has 0 aromatic heterocycles. The van der Waals surface area contributed by atoms with Crippen LogP contribution in [-0.2, 0) is 19.6 Å². The second-order valence-corrected chi connectivity index (χ2v) is 9.16. The van der Waals surface area contributed by atoms with Gasteiger partial charge in [0.05, 0.1) is 0 Å². The number of aliphatic hydroxyl groups excluding tert-OH is 1. The van der Waals surface area contributed by atoms with E-state index in [9.17, 15) is 18.3 Å². The number of sulfonamides is 1. The number of ether oxygens (including phenoxy) is 1. The van der Waals surface area contributed by atoms with Crippen LogP contribution in [0.1, 0.15) is 23.1 Å². The lowest BCUT2D eigenvalue weighted by atomic mass is 9.85. The molecule has 0 aliphatic carbocycles. The fourth-order valence-electron chi connectivity index (χ4n) is 3.53. The zero-order chi connectivity index (χ0) is 23.4. The molecule has 1 amide bonds. The van der Waals surface area contributed by atoms with E-state index in [4.69, 9.17) is 15.1 Å². The van der Waals surface area contributed by atoms with Gasteiger partial charge in [0.2, 0.25) is 10.0 Å². The van der Waals surface area contributed by atoms with Gasteiger partial charge in [0.25, 0.3) is 5.91 Å². The summed E-state index contributed by atoms with van der Waals surface area (Å²) in [5, 5.41) is 24.9. The van der Waals surface area contributed by atoms with Crippen molar-refractivity contribution >= 4 is 15.9 Å². The summed E-state index contributed by atoms with van der Waals surface area (Å²) in [6, 6.07) is 21.7. The maximum absolute atomic E-state index is 12.9. The van der Waals surface area contributed by atoms with Crippen LogP contribution < -0.4 is 15.4 Å². The molecule has 2 atom stereocenters. The number of carbonyl (C=O) groups is 1. The SMILES string of the molecule is Cc1ccc(Oc2ccc(C(C[C@H](O)C(=O)NO)(c3ccccc3)S(N)(=O)=O)cc2)cc1. The summed E-state index contributed by atoms with van der Waals surface area (Å²) in [6.45, 7) is 1.96. The molecule has 0 bridgehead atoms. The lowest BCUT2D eigenvalue weighted by molar-refractivity contribution is -0.138. The first-order chi connectivity index (χ1) is 15.2. The van der Waals surface area contributed by atoms with Crippen molar-refractivity contribution in [1.82, 2.24) is 5.48 Å². The third kappa shape index (κ3) is 4.81. The number of primary sulfonamides is 1. The van der Waals surface area contributed by atoms with Crippen LogP contribution in [0.25, 0.3) is 0 Å². The van der Waals surface area contributed by atoms with Crippen molar-refractivity contribution in [2.75, 3.05) is 0 Å². The smallest absolute Gasteiger partial charge is 0.272 e.